The summed E-state index contributed by atoms with van der Waals surface area (Å²) in [7, 11) is 1.83. The highest BCUT2D eigenvalue weighted by molar-refractivity contribution is 9.10. The molecular formula is C20H30BrN3O2. The summed E-state index contributed by atoms with van der Waals surface area (Å²) < 4.78 is 0.983. The van der Waals surface area contributed by atoms with Crippen molar-refractivity contribution in [3.63, 3.8) is 0 Å². The van der Waals surface area contributed by atoms with E-state index in [0.717, 1.165) is 41.5 Å². The van der Waals surface area contributed by atoms with Crippen LogP contribution in [0.3, 0.4) is 0 Å². The number of benzene rings is 1. The van der Waals surface area contributed by atoms with Crippen LogP contribution in [0.15, 0.2) is 22.7 Å². The van der Waals surface area contributed by atoms with E-state index in [2.05, 4.69) is 28.2 Å². The largest absolute Gasteiger partial charge is 0.338 e. The van der Waals surface area contributed by atoms with Gasteiger partial charge in [-0.3, -0.25) is 14.5 Å². The van der Waals surface area contributed by atoms with Crippen molar-refractivity contribution in [2.45, 2.75) is 58.5 Å². The van der Waals surface area contributed by atoms with Gasteiger partial charge in [-0.25, -0.2) is 0 Å². The van der Waals surface area contributed by atoms with Gasteiger partial charge in [-0.15, -0.1) is 0 Å². The van der Waals surface area contributed by atoms with Gasteiger partial charge in [0.15, 0.2) is 0 Å². The fourth-order valence-electron chi connectivity index (χ4n) is 3.46. The summed E-state index contributed by atoms with van der Waals surface area (Å²) in [5.41, 5.74) is 1.80. The molecule has 6 heteroatoms. The first-order valence-corrected chi connectivity index (χ1v) is 10.2. The lowest BCUT2D eigenvalue weighted by molar-refractivity contribution is -0.140. The molecule has 5 nitrogen and oxygen atoms in total. The SMILES string of the molecule is CCC1CCCCN1C(=O)C(C)N(C)CC(=O)Nc1ccc(Br)cc1C. The number of likely N-dealkylation sites (tertiary alicyclic amines) is 1. The van der Waals surface area contributed by atoms with Crippen LogP contribution in [0.4, 0.5) is 5.69 Å². The Labute approximate surface area is 165 Å². The predicted molar refractivity (Wildman–Crippen MR) is 109 cm³/mol. The second kappa shape index (κ2) is 9.51. The Balaban J connectivity index is 1.93. The molecule has 1 aromatic carbocycles. The van der Waals surface area contributed by atoms with Crippen LogP contribution in [0.1, 0.15) is 45.1 Å². The number of piperidine rings is 1. The van der Waals surface area contributed by atoms with Crippen LogP contribution in [-0.2, 0) is 9.59 Å². The second-order valence-electron chi connectivity index (χ2n) is 7.19. The topological polar surface area (TPSA) is 52.7 Å². The molecule has 1 N–H and O–H groups in total. The molecule has 0 aliphatic carbocycles. The highest BCUT2D eigenvalue weighted by Gasteiger charge is 2.30. The third-order valence-electron chi connectivity index (χ3n) is 5.26. The summed E-state index contributed by atoms with van der Waals surface area (Å²) >= 11 is 3.42. The Bertz CT molecular complexity index is 650. The number of nitrogens with zero attached hydrogens (tertiary/aromatic N) is 2. The van der Waals surface area contributed by atoms with Crippen molar-refractivity contribution in [3.8, 4) is 0 Å². The number of halogens is 1. The summed E-state index contributed by atoms with van der Waals surface area (Å²) in [6.07, 6.45) is 4.34. The zero-order valence-electron chi connectivity index (χ0n) is 16.2. The zero-order chi connectivity index (χ0) is 19.3. The average molecular weight is 424 g/mol. The monoisotopic (exact) mass is 423 g/mol. The standard InChI is InChI=1S/C20H30BrN3O2/c1-5-17-8-6-7-11-24(17)20(26)15(3)23(4)13-19(25)22-18-10-9-16(21)12-14(18)2/h9-10,12,15,17H,5-8,11,13H2,1-4H3,(H,22,25). The molecule has 1 aromatic rings. The number of rotatable bonds is 6. The fraction of sp³-hybridized carbons (Fsp3) is 0.600. The smallest absolute Gasteiger partial charge is 0.239 e. The number of carbonyl (C=O) groups is 2. The molecule has 26 heavy (non-hydrogen) atoms. The van der Waals surface area contributed by atoms with E-state index in [4.69, 9.17) is 0 Å². The van der Waals surface area contributed by atoms with Gasteiger partial charge in [0.25, 0.3) is 0 Å². The maximum Gasteiger partial charge on any atom is 0.239 e. The minimum Gasteiger partial charge on any atom is -0.338 e. The summed E-state index contributed by atoms with van der Waals surface area (Å²) in [4.78, 5) is 29.1. The minimum absolute atomic E-state index is 0.108. The van der Waals surface area contributed by atoms with Gasteiger partial charge in [-0.2, -0.15) is 0 Å². The number of anilines is 1. The minimum atomic E-state index is -0.307. The molecule has 2 unspecified atom stereocenters. The number of hydrogen-bond donors (Lipinski definition) is 1. The summed E-state index contributed by atoms with van der Waals surface area (Å²) in [6, 6.07) is 5.78. The highest BCUT2D eigenvalue weighted by Crippen LogP contribution is 2.22. The van der Waals surface area contributed by atoms with Gasteiger partial charge in [0.2, 0.25) is 11.8 Å². The molecule has 1 aliphatic heterocycles. The highest BCUT2D eigenvalue weighted by atomic mass is 79.9. The van der Waals surface area contributed by atoms with Crippen LogP contribution in [0.5, 0.6) is 0 Å². The van der Waals surface area contributed by atoms with E-state index in [1.807, 2.05) is 48.9 Å². The van der Waals surface area contributed by atoms with Crippen molar-refractivity contribution in [3.05, 3.63) is 28.2 Å². The van der Waals surface area contributed by atoms with Crippen LogP contribution in [-0.4, -0.2) is 53.8 Å². The number of hydrogen-bond acceptors (Lipinski definition) is 3. The third kappa shape index (κ3) is 5.30. The molecular weight excluding hydrogens is 394 g/mol. The Kier molecular flexibility index (Phi) is 7.65. The van der Waals surface area contributed by atoms with E-state index in [9.17, 15) is 9.59 Å². The predicted octanol–water partition coefficient (Wildman–Crippen LogP) is 3.81. The lowest BCUT2D eigenvalue weighted by Crippen LogP contribution is -2.52. The van der Waals surface area contributed by atoms with E-state index in [1.165, 1.54) is 6.42 Å². The van der Waals surface area contributed by atoms with Crippen molar-refractivity contribution in [2.75, 3.05) is 25.5 Å². The zero-order valence-corrected chi connectivity index (χ0v) is 17.8. The average Bonchev–Trinajstić information content (AvgIpc) is 2.62. The maximum absolute atomic E-state index is 12.9. The first-order chi connectivity index (χ1) is 12.3. The molecule has 0 aromatic heterocycles. The van der Waals surface area contributed by atoms with Gasteiger partial charge >= 0.3 is 0 Å². The van der Waals surface area contributed by atoms with E-state index < -0.39 is 0 Å². The summed E-state index contributed by atoms with van der Waals surface area (Å²) in [5, 5.41) is 2.94. The van der Waals surface area contributed by atoms with Gasteiger partial charge in [-0.05, 0) is 70.3 Å². The Morgan fingerprint density at radius 3 is 2.77 bits per heavy atom. The van der Waals surface area contributed by atoms with Gasteiger partial charge < -0.3 is 10.2 Å². The van der Waals surface area contributed by atoms with Gasteiger partial charge in [0, 0.05) is 22.7 Å². The van der Waals surface area contributed by atoms with Gasteiger partial charge in [-0.1, -0.05) is 22.9 Å². The number of likely N-dealkylation sites (N-methyl/N-ethyl adjacent to an activating group) is 1. The van der Waals surface area contributed by atoms with Crippen LogP contribution in [0, 0.1) is 6.92 Å². The van der Waals surface area contributed by atoms with Crippen molar-refractivity contribution in [2.24, 2.45) is 0 Å². The number of nitrogens with one attached hydrogen (secondary N) is 1. The van der Waals surface area contributed by atoms with Crippen LogP contribution in [0.2, 0.25) is 0 Å². The van der Waals surface area contributed by atoms with Crippen LogP contribution >= 0.6 is 15.9 Å². The van der Waals surface area contributed by atoms with E-state index >= 15 is 0 Å². The molecule has 1 fully saturated rings. The number of aryl methyl sites for hydroxylation is 1. The van der Waals surface area contributed by atoms with Crippen molar-refractivity contribution >= 4 is 33.4 Å². The Morgan fingerprint density at radius 2 is 2.12 bits per heavy atom. The normalized spacial score (nSPS) is 18.7. The molecule has 144 valence electrons. The third-order valence-corrected chi connectivity index (χ3v) is 5.75. The second-order valence-corrected chi connectivity index (χ2v) is 8.10. The molecule has 0 saturated carbocycles. The summed E-state index contributed by atoms with van der Waals surface area (Å²) in [6.45, 7) is 7.00. The van der Waals surface area contributed by atoms with Crippen molar-refractivity contribution in [1.29, 1.82) is 0 Å². The van der Waals surface area contributed by atoms with Crippen LogP contribution in [0.25, 0.3) is 0 Å². The molecule has 0 bridgehead atoms. The number of amides is 2. The Hall–Kier alpha value is -1.40. The lowest BCUT2D eigenvalue weighted by Gasteiger charge is -2.38. The van der Waals surface area contributed by atoms with Gasteiger partial charge in [0.1, 0.15) is 0 Å². The first-order valence-electron chi connectivity index (χ1n) is 9.40. The summed E-state index contributed by atoms with van der Waals surface area (Å²) in [5.74, 6) is 0.0231. The number of carbonyl (C=O) groups excluding carboxylic acids is 2. The Morgan fingerprint density at radius 1 is 1.38 bits per heavy atom. The first kappa shape index (κ1) is 20.9. The van der Waals surface area contributed by atoms with Crippen molar-refractivity contribution < 1.29 is 9.59 Å². The fourth-order valence-corrected chi connectivity index (χ4v) is 3.94. The van der Waals surface area contributed by atoms with Crippen LogP contribution < -0.4 is 5.32 Å². The van der Waals surface area contributed by atoms with E-state index in [0.29, 0.717) is 6.04 Å². The molecule has 2 atom stereocenters. The molecule has 1 heterocycles. The quantitative estimate of drug-likeness (QED) is 0.756. The van der Waals surface area contributed by atoms with E-state index in [1.54, 1.807) is 0 Å². The van der Waals surface area contributed by atoms with E-state index in [-0.39, 0.29) is 24.4 Å². The maximum atomic E-state index is 12.9. The van der Waals surface area contributed by atoms with Crippen molar-refractivity contribution in [1.82, 2.24) is 9.80 Å². The molecule has 0 radical (unpaired) electrons. The molecule has 2 rings (SSSR count). The molecule has 0 spiro atoms. The van der Waals surface area contributed by atoms with Gasteiger partial charge in [0.05, 0.1) is 12.6 Å². The molecule has 2 amide bonds. The lowest BCUT2D eigenvalue weighted by atomic mass is 9.99. The molecule has 1 saturated heterocycles. The molecule has 1 aliphatic rings.